The van der Waals surface area contributed by atoms with Gasteiger partial charge in [0.05, 0.1) is 35.7 Å². The maximum atomic E-state index is 13.9. The Hall–Kier alpha value is -4.02. The van der Waals surface area contributed by atoms with Crippen LogP contribution < -0.4 is 25.5 Å². The lowest BCUT2D eigenvalue weighted by atomic mass is 9.96. The molecule has 2 N–H and O–H groups in total. The number of amides is 2. The number of ether oxygens (including phenoxy) is 1. The van der Waals surface area contributed by atoms with Crippen molar-refractivity contribution in [1.29, 1.82) is 0 Å². The Morgan fingerprint density at radius 2 is 1.83 bits per heavy atom. The summed E-state index contributed by atoms with van der Waals surface area (Å²) in [6.45, 7) is 1.34. The Morgan fingerprint density at radius 3 is 2.50 bits per heavy atom. The topological polar surface area (TPSA) is 124 Å². The number of carbonyl (C=O) groups is 3. The fraction of sp³-hybridized carbons (Fsp3) is 0.160. The highest BCUT2D eigenvalue weighted by atomic mass is 35.5. The van der Waals surface area contributed by atoms with Crippen LogP contribution in [0, 0.1) is 0 Å². The summed E-state index contributed by atoms with van der Waals surface area (Å²) < 4.78 is 6.55. The first-order valence-corrected chi connectivity index (χ1v) is 12.0. The lowest BCUT2D eigenvalue weighted by Gasteiger charge is -2.24. The summed E-state index contributed by atoms with van der Waals surface area (Å²) in [7, 11) is 1.26. The Balaban J connectivity index is 1.82. The van der Waals surface area contributed by atoms with Crippen LogP contribution in [-0.4, -0.2) is 36.0 Å². The molecule has 1 unspecified atom stereocenters. The first kappa shape index (κ1) is 23.7. The second-order valence-corrected chi connectivity index (χ2v) is 9.61. The second-order valence-electron chi connectivity index (χ2n) is 8.20. The molecule has 3 heterocycles. The molecular formula is C25H19ClN4O5S. The zero-order chi connectivity index (χ0) is 25.7. The van der Waals surface area contributed by atoms with E-state index in [1.807, 2.05) is 0 Å². The first-order valence-electron chi connectivity index (χ1n) is 10.8. The highest BCUT2D eigenvalue weighted by Crippen LogP contribution is 2.35. The van der Waals surface area contributed by atoms with Gasteiger partial charge in [0.1, 0.15) is 11.1 Å². The van der Waals surface area contributed by atoms with Gasteiger partial charge in [0.25, 0.3) is 11.5 Å². The SMILES string of the molecule is COC(=O)C1=C(C)N=c2sc(=C3C(=O)N(CC(N)=O)c4ccccc43)c(=O)n2C1c1ccc(Cl)cc1. The molecule has 2 amide bonds. The number of aromatic nitrogens is 1. The van der Waals surface area contributed by atoms with Crippen molar-refractivity contribution in [3.8, 4) is 0 Å². The van der Waals surface area contributed by atoms with Crippen molar-refractivity contribution in [2.24, 2.45) is 10.7 Å². The monoisotopic (exact) mass is 522 g/mol. The number of carbonyl (C=O) groups excluding carboxylic acids is 3. The van der Waals surface area contributed by atoms with E-state index in [9.17, 15) is 19.2 Å². The maximum absolute atomic E-state index is 13.9. The molecule has 9 nitrogen and oxygen atoms in total. The third kappa shape index (κ3) is 3.66. The van der Waals surface area contributed by atoms with Crippen LogP contribution in [0.2, 0.25) is 5.02 Å². The predicted molar refractivity (Wildman–Crippen MR) is 134 cm³/mol. The number of benzene rings is 2. The van der Waals surface area contributed by atoms with Gasteiger partial charge in [-0.15, -0.1) is 0 Å². The standard InChI is InChI=1S/C25H19ClN4O5S/c1-12-18(24(34)35-2)20(13-7-9-14(26)10-8-13)30-23(33)21(36-25(30)28-12)19-15-5-3-4-6-16(15)29(22(19)32)11-17(27)31/h3-10,20H,11H2,1-2H3,(H2,27,31). The lowest BCUT2D eigenvalue weighted by molar-refractivity contribution is -0.136. The largest absolute Gasteiger partial charge is 0.466 e. The van der Waals surface area contributed by atoms with Crippen LogP contribution in [0.3, 0.4) is 0 Å². The number of anilines is 1. The Kier molecular flexibility index (Phi) is 5.85. The molecule has 3 aromatic rings. The van der Waals surface area contributed by atoms with E-state index in [0.717, 1.165) is 11.3 Å². The van der Waals surface area contributed by atoms with E-state index < -0.39 is 29.4 Å². The second kappa shape index (κ2) is 8.89. The van der Waals surface area contributed by atoms with Crippen LogP contribution in [0.4, 0.5) is 5.69 Å². The van der Waals surface area contributed by atoms with Gasteiger partial charge in [-0.1, -0.05) is 53.3 Å². The number of primary amides is 1. The van der Waals surface area contributed by atoms with Gasteiger partial charge in [0.2, 0.25) is 5.91 Å². The smallest absolute Gasteiger partial charge is 0.338 e. The average Bonchev–Trinajstić information content (AvgIpc) is 3.31. The Labute approximate surface area is 213 Å². The molecule has 0 bridgehead atoms. The minimum Gasteiger partial charge on any atom is -0.466 e. The molecule has 182 valence electrons. The lowest BCUT2D eigenvalue weighted by Crippen LogP contribution is -2.41. The van der Waals surface area contributed by atoms with Gasteiger partial charge in [-0.2, -0.15) is 0 Å². The van der Waals surface area contributed by atoms with E-state index in [-0.39, 0.29) is 22.2 Å². The van der Waals surface area contributed by atoms with Crippen LogP contribution in [0.25, 0.3) is 5.57 Å². The number of fused-ring (bicyclic) bond motifs is 2. The number of thiazole rings is 1. The number of nitrogens with zero attached hydrogens (tertiary/aromatic N) is 3. The Morgan fingerprint density at radius 1 is 1.14 bits per heavy atom. The molecule has 0 spiro atoms. The quantitative estimate of drug-likeness (QED) is 0.517. The minimum atomic E-state index is -0.839. The number of rotatable bonds is 4. The molecule has 0 aliphatic carbocycles. The molecule has 1 aromatic heterocycles. The van der Waals surface area contributed by atoms with Crippen LogP contribution in [0.1, 0.15) is 24.1 Å². The third-order valence-electron chi connectivity index (χ3n) is 6.05. The summed E-state index contributed by atoms with van der Waals surface area (Å²) in [5.41, 5.74) is 7.27. The predicted octanol–water partition coefficient (Wildman–Crippen LogP) is 1.26. The van der Waals surface area contributed by atoms with E-state index in [1.165, 1.54) is 16.6 Å². The number of halogens is 1. The number of esters is 1. The van der Waals surface area contributed by atoms with E-state index >= 15 is 0 Å². The number of nitrogens with two attached hydrogens (primary N) is 1. The van der Waals surface area contributed by atoms with E-state index in [4.69, 9.17) is 22.1 Å². The fourth-order valence-corrected chi connectivity index (χ4v) is 5.78. The Bertz CT molecular complexity index is 1670. The van der Waals surface area contributed by atoms with E-state index in [1.54, 1.807) is 55.5 Å². The van der Waals surface area contributed by atoms with Gasteiger partial charge in [0.15, 0.2) is 4.80 Å². The molecule has 1 atom stereocenters. The molecule has 5 rings (SSSR count). The minimum absolute atomic E-state index is 0.149. The average molecular weight is 523 g/mol. The van der Waals surface area contributed by atoms with E-state index in [2.05, 4.69) is 4.99 Å². The van der Waals surface area contributed by atoms with Crippen LogP contribution in [0.15, 0.2) is 69.6 Å². The van der Waals surface area contributed by atoms with Gasteiger partial charge in [0, 0.05) is 10.6 Å². The molecule has 11 heteroatoms. The molecule has 0 radical (unpaired) electrons. The van der Waals surface area contributed by atoms with Gasteiger partial charge < -0.3 is 10.5 Å². The summed E-state index contributed by atoms with van der Waals surface area (Å²) in [4.78, 5) is 57.9. The van der Waals surface area contributed by atoms with Crippen LogP contribution in [0.5, 0.6) is 0 Å². The van der Waals surface area contributed by atoms with Crippen molar-refractivity contribution in [2.45, 2.75) is 13.0 Å². The summed E-state index contributed by atoms with van der Waals surface area (Å²) in [5.74, 6) is -1.81. The maximum Gasteiger partial charge on any atom is 0.338 e. The van der Waals surface area contributed by atoms with Gasteiger partial charge in [-0.3, -0.25) is 23.9 Å². The van der Waals surface area contributed by atoms with Crippen molar-refractivity contribution in [2.75, 3.05) is 18.6 Å². The molecule has 36 heavy (non-hydrogen) atoms. The number of para-hydroxylation sites is 1. The summed E-state index contributed by atoms with van der Waals surface area (Å²) in [6.07, 6.45) is 0. The highest BCUT2D eigenvalue weighted by Gasteiger charge is 2.37. The third-order valence-corrected chi connectivity index (χ3v) is 7.36. The van der Waals surface area contributed by atoms with Gasteiger partial charge in [-0.05, 0) is 30.7 Å². The molecule has 2 aliphatic rings. The highest BCUT2D eigenvalue weighted by molar-refractivity contribution is 7.07. The molecule has 2 aliphatic heterocycles. The molecule has 2 aromatic carbocycles. The van der Waals surface area contributed by atoms with Crippen molar-refractivity contribution in [3.63, 3.8) is 0 Å². The first-order chi connectivity index (χ1) is 17.2. The normalized spacial score (nSPS) is 18.0. The number of hydrogen-bond donors (Lipinski definition) is 1. The van der Waals surface area contributed by atoms with Gasteiger partial charge in [-0.25, -0.2) is 9.79 Å². The van der Waals surface area contributed by atoms with Crippen molar-refractivity contribution >= 4 is 52.0 Å². The summed E-state index contributed by atoms with van der Waals surface area (Å²) >= 11 is 7.12. The zero-order valence-corrected chi connectivity index (χ0v) is 20.7. The fourth-order valence-electron chi connectivity index (χ4n) is 4.52. The van der Waals surface area contributed by atoms with Crippen molar-refractivity contribution in [3.05, 3.63) is 95.6 Å². The van der Waals surface area contributed by atoms with Crippen molar-refractivity contribution in [1.82, 2.24) is 4.57 Å². The number of methoxy groups -OCH3 is 1. The molecule has 0 fully saturated rings. The molecule has 0 saturated carbocycles. The number of hydrogen-bond acceptors (Lipinski definition) is 7. The van der Waals surface area contributed by atoms with Crippen LogP contribution >= 0.6 is 22.9 Å². The summed E-state index contributed by atoms with van der Waals surface area (Å²) in [5, 5.41) is 0.497. The zero-order valence-electron chi connectivity index (χ0n) is 19.1. The summed E-state index contributed by atoms with van der Waals surface area (Å²) in [6, 6.07) is 12.8. The number of allylic oxidation sites excluding steroid dienone is 1. The van der Waals surface area contributed by atoms with E-state index in [0.29, 0.717) is 32.3 Å². The molecule has 0 saturated heterocycles. The van der Waals surface area contributed by atoms with Gasteiger partial charge >= 0.3 is 5.97 Å². The van der Waals surface area contributed by atoms with Crippen molar-refractivity contribution < 1.29 is 19.1 Å². The molecular weight excluding hydrogens is 504 g/mol. The van der Waals surface area contributed by atoms with Crippen LogP contribution in [-0.2, 0) is 19.1 Å².